The monoisotopic (exact) mass is 437 g/mol. The lowest BCUT2D eigenvalue weighted by Gasteiger charge is -2.11. The molecule has 2 aromatic carbocycles. The van der Waals surface area contributed by atoms with E-state index >= 15 is 0 Å². The molecule has 0 atom stereocenters. The topological polar surface area (TPSA) is 33.2 Å². The van der Waals surface area contributed by atoms with Crippen LogP contribution in [-0.2, 0) is 19.4 Å². The van der Waals surface area contributed by atoms with Gasteiger partial charge in [-0.1, -0.05) is 12.1 Å². The van der Waals surface area contributed by atoms with Gasteiger partial charge in [-0.3, -0.25) is 0 Å². The lowest BCUT2D eigenvalue weighted by Crippen LogP contribution is -2.29. The highest BCUT2D eigenvalue weighted by molar-refractivity contribution is 6.10. The number of halogens is 6. The lowest BCUT2D eigenvalue weighted by molar-refractivity contribution is -0.672. The summed E-state index contributed by atoms with van der Waals surface area (Å²) in [6.45, 7) is 0. The number of hydrogen-bond donors (Lipinski definition) is 1. The zero-order valence-corrected chi connectivity index (χ0v) is 16.0. The predicted molar refractivity (Wildman–Crippen MR) is 103 cm³/mol. The molecular weight excluding hydrogens is 422 g/mol. The SMILES string of the molecule is C[n+]1ccn2c1C=C(Nc1cccc(C(F)(F)F)c1)C2=Nc1cccc(C(F)(F)F)c1. The second-order valence-corrected chi connectivity index (χ2v) is 6.88. The van der Waals surface area contributed by atoms with Crippen LogP contribution in [0.1, 0.15) is 17.0 Å². The number of hydrogen-bond acceptors (Lipinski definition) is 2. The number of aromatic nitrogens is 2. The van der Waals surface area contributed by atoms with E-state index in [1.807, 2.05) is 0 Å². The molecule has 0 spiro atoms. The van der Waals surface area contributed by atoms with Crippen LogP contribution < -0.4 is 9.88 Å². The zero-order valence-electron chi connectivity index (χ0n) is 16.0. The minimum atomic E-state index is -4.52. The van der Waals surface area contributed by atoms with Crippen LogP contribution in [0.15, 0.2) is 71.6 Å². The van der Waals surface area contributed by atoms with Gasteiger partial charge in [0.2, 0.25) is 0 Å². The zero-order chi connectivity index (χ0) is 22.4. The largest absolute Gasteiger partial charge is 0.416 e. The standard InChI is InChI=1S/C21H14F6N4/c1-30-8-9-31-18(30)12-17(28-15-6-2-4-13(10-15)20(22,23)24)19(31)29-16-7-3-5-14(11-16)21(25,26)27/h2-12H,1H3/p+1. The average molecular weight is 437 g/mol. The number of aliphatic imine (C=N–C) groups is 1. The molecule has 0 saturated heterocycles. The van der Waals surface area contributed by atoms with Gasteiger partial charge in [-0.05, 0) is 36.4 Å². The number of rotatable bonds is 3. The summed E-state index contributed by atoms with van der Waals surface area (Å²) in [6, 6.07) is 9.17. The second kappa shape index (κ2) is 7.29. The van der Waals surface area contributed by atoms with Crippen LogP contribution in [0.2, 0.25) is 0 Å². The summed E-state index contributed by atoms with van der Waals surface area (Å²) in [5.74, 6) is 0.910. The van der Waals surface area contributed by atoms with Crippen LogP contribution in [0.4, 0.5) is 37.7 Å². The third kappa shape index (κ3) is 4.18. The molecule has 10 heteroatoms. The molecule has 0 amide bonds. The molecule has 0 saturated carbocycles. The van der Waals surface area contributed by atoms with Crippen molar-refractivity contribution in [2.75, 3.05) is 5.32 Å². The number of alkyl halides is 6. The first kappa shape index (κ1) is 20.7. The Bertz CT molecular complexity index is 1200. The van der Waals surface area contributed by atoms with Gasteiger partial charge in [-0.15, -0.1) is 0 Å². The molecule has 0 radical (unpaired) electrons. The Labute approximate surface area is 172 Å². The first-order valence-electron chi connectivity index (χ1n) is 9.02. The molecule has 4 nitrogen and oxygen atoms in total. The van der Waals surface area contributed by atoms with Crippen molar-refractivity contribution in [1.82, 2.24) is 4.57 Å². The number of imidazole rings is 1. The van der Waals surface area contributed by atoms with E-state index in [0.717, 1.165) is 24.3 Å². The summed E-state index contributed by atoms with van der Waals surface area (Å²) in [5, 5.41) is 2.90. The second-order valence-electron chi connectivity index (χ2n) is 6.88. The maximum absolute atomic E-state index is 13.0. The molecule has 0 unspecified atom stereocenters. The van der Waals surface area contributed by atoms with Crippen LogP contribution in [0, 0.1) is 0 Å². The molecule has 3 aromatic rings. The Hall–Kier alpha value is -3.56. The molecule has 1 N–H and O–H groups in total. The van der Waals surface area contributed by atoms with E-state index in [0.29, 0.717) is 11.5 Å². The van der Waals surface area contributed by atoms with E-state index in [4.69, 9.17) is 0 Å². The number of allylic oxidation sites excluding steroid dienone is 1. The third-order valence-electron chi connectivity index (χ3n) is 4.67. The van der Waals surface area contributed by atoms with Gasteiger partial charge >= 0.3 is 12.4 Å². The Balaban J connectivity index is 1.74. The molecule has 1 aliphatic heterocycles. The average Bonchev–Trinajstić information content (AvgIpc) is 3.21. The maximum Gasteiger partial charge on any atom is 0.416 e. The van der Waals surface area contributed by atoms with Gasteiger partial charge in [-0.2, -0.15) is 30.9 Å². The van der Waals surface area contributed by atoms with E-state index in [1.54, 1.807) is 34.7 Å². The molecule has 160 valence electrons. The summed E-state index contributed by atoms with van der Waals surface area (Å²) in [6.07, 6.45) is -3.97. The Morgan fingerprint density at radius 1 is 0.903 bits per heavy atom. The highest BCUT2D eigenvalue weighted by Crippen LogP contribution is 2.33. The van der Waals surface area contributed by atoms with Gasteiger partial charge in [0, 0.05) is 5.69 Å². The van der Waals surface area contributed by atoms with Crippen molar-refractivity contribution in [3.8, 4) is 0 Å². The van der Waals surface area contributed by atoms with Gasteiger partial charge in [0.1, 0.15) is 18.1 Å². The fraction of sp³-hybridized carbons (Fsp3) is 0.143. The number of benzene rings is 2. The quantitative estimate of drug-likeness (QED) is 0.432. The predicted octanol–water partition coefficient (Wildman–Crippen LogP) is 5.40. The van der Waals surface area contributed by atoms with Crippen molar-refractivity contribution in [1.29, 1.82) is 0 Å². The molecule has 2 heterocycles. The van der Waals surface area contributed by atoms with Crippen LogP contribution in [0.5, 0.6) is 0 Å². The van der Waals surface area contributed by atoms with Gasteiger partial charge in [-0.25, -0.2) is 9.56 Å². The van der Waals surface area contributed by atoms with Crippen molar-refractivity contribution in [3.63, 3.8) is 0 Å². The van der Waals surface area contributed by atoms with Crippen LogP contribution in [0.25, 0.3) is 6.08 Å². The molecule has 1 aliphatic rings. The number of anilines is 1. The van der Waals surface area contributed by atoms with Gasteiger partial charge < -0.3 is 5.32 Å². The van der Waals surface area contributed by atoms with E-state index in [-0.39, 0.29) is 17.2 Å². The highest BCUT2D eigenvalue weighted by Gasteiger charge is 2.33. The Morgan fingerprint density at radius 2 is 1.55 bits per heavy atom. The van der Waals surface area contributed by atoms with E-state index in [2.05, 4.69) is 10.3 Å². The molecule has 0 aliphatic carbocycles. The van der Waals surface area contributed by atoms with Gasteiger partial charge in [0.25, 0.3) is 11.7 Å². The highest BCUT2D eigenvalue weighted by atomic mass is 19.4. The smallest absolute Gasteiger partial charge is 0.350 e. The molecule has 1 aromatic heterocycles. The number of nitrogens with one attached hydrogen (secondary N) is 1. The molecule has 31 heavy (non-hydrogen) atoms. The summed E-state index contributed by atoms with van der Waals surface area (Å²) >= 11 is 0. The van der Waals surface area contributed by atoms with Crippen LogP contribution in [0.3, 0.4) is 0 Å². The fourth-order valence-corrected chi connectivity index (χ4v) is 3.17. The molecular formula is C21H15F6N4+. The van der Waals surface area contributed by atoms with Crippen molar-refractivity contribution >= 4 is 23.3 Å². The minimum Gasteiger partial charge on any atom is -0.350 e. The van der Waals surface area contributed by atoms with Crippen molar-refractivity contribution < 1.29 is 30.9 Å². The Kier molecular flexibility index (Phi) is 4.87. The Morgan fingerprint density at radius 3 is 2.23 bits per heavy atom. The molecule has 0 fully saturated rings. The summed E-state index contributed by atoms with van der Waals surface area (Å²) in [4.78, 5) is 4.35. The molecule has 0 bridgehead atoms. The number of aryl methyl sites for hydroxylation is 1. The van der Waals surface area contributed by atoms with Gasteiger partial charge in [0.15, 0.2) is 0 Å². The maximum atomic E-state index is 13.0. The van der Waals surface area contributed by atoms with Crippen molar-refractivity contribution in [3.05, 3.63) is 83.6 Å². The summed E-state index contributed by atoms with van der Waals surface area (Å²) < 4.78 is 81.6. The number of nitrogens with zero attached hydrogens (tertiary/aromatic N) is 3. The number of fused-ring (bicyclic) bond motifs is 1. The van der Waals surface area contributed by atoms with Crippen molar-refractivity contribution in [2.45, 2.75) is 12.4 Å². The van der Waals surface area contributed by atoms with Gasteiger partial charge in [0.05, 0.1) is 29.9 Å². The van der Waals surface area contributed by atoms with E-state index in [9.17, 15) is 26.3 Å². The molecule has 4 rings (SSSR count). The van der Waals surface area contributed by atoms with E-state index in [1.165, 1.54) is 24.3 Å². The third-order valence-corrected chi connectivity index (χ3v) is 4.67. The normalized spacial score (nSPS) is 15.2. The first-order chi connectivity index (χ1) is 14.5. The summed E-state index contributed by atoms with van der Waals surface area (Å²) in [5.41, 5.74) is -1.08. The van der Waals surface area contributed by atoms with Crippen LogP contribution in [-0.4, -0.2) is 10.4 Å². The first-order valence-corrected chi connectivity index (χ1v) is 9.02. The van der Waals surface area contributed by atoms with Crippen molar-refractivity contribution in [2.24, 2.45) is 12.0 Å². The summed E-state index contributed by atoms with van der Waals surface area (Å²) in [7, 11) is 1.76. The fourth-order valence-electron chi connectivity index (χ4n) is 3.17. The van der Waals surface area contributed by atoms with Crippen LogP contribution >= 0.6 is 0 Å². The minimum absolute atomic E-state index is 0.0609. The lowest BCUT2D eigenvalue weighted by atomic mass is 10.2. The van der Waals surface area contributed by atoms with E-state index < -0.39 is 23.5 Å².